The van der Waals surface area contributed by atoms with E-state index in [0.29, 0.717) is 12.1 Å². The number of esters is 1. The van der Waals surface area contributed by atoms with Crippen LogP contribution in [-0.4, -0.2) is 42.0 Å². The highest BCUT2D eigenvalue weighted by Crippen LogP contribution is 2.33. The number of nitrogens with zero attached hydrogens (tertiary/aromatic N) is 5. The number of hydrogen-bond acceptors (Lipinski definition) is 8. The second kappa shape index (κ2) is 12.7. The van der Waals surface area contributed by atoms with Crippen molar-refractivity contribution in [3.63, 3.8) is 0 Å². The SMILES string of the molecule is CC(C)(C#N)c1cc(Cn2cncn2)cc(C(C)(C)C#N)c1.CS(=O)(=O)c1ccc(C2=C(c3ccccc3)C(=O)OC2)cc1. The van der Waals surface area contributed by atoms with E-state index >= 15 is 0 Å². The lowest BCUT2D eigenvalue weighted by atomic mass is 9.79. The number of ether oxygens (including phenoxy) is 1. The molecule has 0 N–H and O–H groups in total. The molecule has 0 amide bonds. The summed E-state index contributed by atoms with van der Waals surface area (Å²) in [5.41, 5.74) is 4.49. The van der Waals surface area contributed by atoms with Crippen LogP contribution in [0.15, 0.2) is 90.3 Å². The second-order valence-corrected chi connectivity index (χ2v) is 13.6. The van der Waals surface area contributed by atoms with Crippen LogP contribution in [-0.2, 0) is 36.7 Å². The Morgan fingerprint density at radius 2 is 1.48 bits per heavy atom. The Hall–Kier alpha value is -5.06. The van der Waals surface area contributed by atoms with E-state index in [1.54, 1.807) is 35.3 Å². The van der Waals surface area contributed by atoms with Gasteiger partial charge in [-0.05, 0) is 67.6 Å². The molecule has 10 heteroatoms. The molecule has 0 saturated heterocycles. The molecule has 0 aliphatic carbocycles. The third kappa shape index (κ3) is 7.28. The normalized spacial score (nSPS) is 13.4. The highest BCUT2D eigenvalue weighted by molar-refractivity contribution is 7.90. The maximum Gasteiger partial charge on any atom is 0.339 e. The van der Waals surface area contributed by atoms with E-state index in [9.17, 15) is 23.7 Å². The van der Waals surface area contributed by atoms with Gasteiger partial charge in [-0.15, -0.1) is 0 Å². The predicted molar refractivity (Wildman–Crippen MR) is 167 cm³/mol. The molecule has 1 aliphatic heterocycles. The molecule has 0 atom stereocenters. The highest BCUT2D eigenvalue weighted by Gasteiger charge is 2.28. The Balaban J connectivity index is 0.000000201. The third-order valence-electron chi connectivity index (χ3n) is 7.35. The van der Waals surface area contributed by atoms with Crippen LogP contribution in [0.4, 0.5) is 0 Å². The number of carbonyl (C=O) groups excluding carboxylic acids is 1. The zero-order valence-corrected chi connectivity index (χ0v) is 26.1. The summed E-state index contributed by atoms with van der Waals surface area (Å²) in [6.07, 6.45) is 4.30. The molecule has 3 aromatic carbocycles. The van der Waals surface area contributed by atoms with Gasteiger partial charge in [-0.25, -0.2) is 22.9 Å². The van der Waals surface area contributed by atoms with Gasteiger partial charge in [-0.1, -0.05) is 60.7 Å². The average Bonchev–Trinajstić information content (AvgIpc) is 3.67. The summed E-state index contributed by atoms with van der Waals surface area (Å²) in [4.78, 5) is 16.2. The summed E-state index contributed by atoms with van der Waals surface area (Å²) in [6.45, 7) is 8.27. The number of benzene rings is 3. The average molecular weight is 608 g/mol. The van der Waals surface area contributed by atoms with Crippen LogP contribution in [0.2, 0.25) is 0 Å². The molecule has 1 aliphatic rings. The zero-order valence-electron chi connectivity index (χ0n) is 25.3. The van der Waals surface area contributed by atoms with Crippen molar-refractivity contribution in [2.24, 2.45) is 0 Å². The molecule has 0 saturated carbocycles. The lowest BCUT2D eigenvalue weighted by Crippen LogP contribution is -2.20. The fourth-order valence-corrected chi connectivity index (χ4v) is 5.20. The molecule has 2 heterocycles. The summed E-state index contributed by atoms with van der Waals surface area (Å²) in [6, 6.07) is 26.4. The lowest BCUT2D eigenvalue weighted by molar-refractivity contribution is -0.133. The van der Waals surface area contributed by atoms with Crippen LogP contribution in [0, 0.1) is 22.7 Å². The third-order valence-corrected chi connectivity index (χ3v) is 8.48. The van der Waals surface area contributed by atoms with Gasteiger partial charge in [0.05, 0.1) is 40.0 Å². The van der Waals surface area contributed by atoms with E-state index < -0.39 is 20.7 Å². The fraction of sp³-hybridized carbons (Fsp3) is 0.265. The first-order valence-corrected chi connectivity index (χ1v) is 15.7. The molecule has 9 nitrogen and oxygen atoms in total. The molecular formula is C34H33N5O4S. The highest BCUT2D eigenvalue weighted by atomic mass is 32.2. The first-order valence-electron chi connectivity index (χ1n) is 13.8. The second-order valence-electron chi connectivity index (χ2n) is 11.6. The number of sulfone groups is 1. The van der Waals surface area contributed by atoms with Gasteiger partial charge >= 0.3 is 5.97 Å². The largest absolute Gasteiger partial charge is 0.457 e. The summed E-state index contributed by atoms with van der Waals surface area (Å²) in [5, 5.41) is 22.9. The standard InChI is InChI=1S/C17H19N5.C17H14O4S/c1-16(2,9-18)14-5-13(8-22-12-20-11-21-22)6-15(7-14)17(3,4)10-19;1-22(19,20)14-9-7-12(8-10-14)15-11-21-17(18)16(15)13-5-3-2-4-6-13/h5-7,11-12H,8H2,1-4H3;2-10H,11H2,1H3. The van der Waals surface area contributed by atoms with Crippen molar-refractivity contribution < 1.29 is 17.9 Å². The number of rotatable bonds is 7. The maximum atomic E-state index is 12.0. The monoisotopic (exact) mass is 607 g/mol. The van der Waals surface area contributed by atoms with E-state index in [1.165, 1.54) is 12.6 Å². The van der Waals surface area contributed by atoms with Crippen molar-refractivity contribution >= 4 is 27.0 Å². The van der Waals surface area contributed by atoms with Crippen molar-refractivity contribution in [1.29, 1.82) is 10.5 Å². The van der Waals surface area contributed by atoms with E-state index in [0.717, 1.165) is 33.4 Å². The minimum Gasteiger partial charge on any atom is -0.457 e. The molecule has 0 unspecified atom stereocenters. The summed E-state index contributed by atoms with van der Waals surface area (Å²) in [7, 11) is -3.23. The summed E-state index contributed by atoms with van der Waals surface area (Å²) >= 11 is 0. The van der Waals surface area contributed by atoms with Gasteiger partial charge in [-0.2, -0.15) is 15.6 Å². The Morgan fingerprint density at radius 3 is 1.98 bits per heavy atom. The Labute approximate surface area is 258 Å². The van der Waals surface area contributed by atoms with E-state index in [2.05, 4.69) is 22.2 Å². The molecule has 4 aromatic rings. The molecule has 0 spiro atoms. The Bertz CT molecular complexity index is 1840. The van der Waals surface area contributed by atoms with Crippen LogP contribution in [0.25, 0.3) is 11.1 Å². The predicted octanol–water partition coefficient (Wildman–Crippen LogP) is 5.49. The van der Waals surface area contributed by atoms with E-state index in [4.69, 9.17) is 4.74 Å². The molecule has 224 valence electrons. The van der Waals surface area contributed by atoms with Gasteiger partial charge in [0.15, 0.2) is 9.84 Å². The summed E-state index contributed by atoms with van der Waals surface area (Å²) in [5.74, 6) is -0.353. The minimum absolute atomic E-state index is 0.196. The van der Waals surface area contributed by atoms with Crippen molar-refractivity contribution in [3.8, 4) is 12.1 Å². The van der Waals surface area contributed by atoms with E-state index in [1.807, 2.05) is 76.2 Å². The Kier molecular flexibility index (Phi) is 9.17. The topological polar surface area (TPSA) is 139 Å². The van der Waals surface area contributed by atoms with Crippen LogP contribution < -0.4 is 0 Å². The maximum absolute atomic E-state index is 12.0. The van der Waals surface area contributed by atoms with Crippen LogP contribution in [0.3, 0.4) is 0 Å². The molecule has 44 heavy (non-hydrogen) atoms. The molecule has 0 radical (unpaired) electrons. The van der Waals surface area contributed by atoms with Crippen molar-refractivity contribution in [3.05, 3.63) is 113 Å². The van der Waals surface area contributed by atoms with Gasteiger partial charge in [0.25, 0.3) is 0 Å². The first kappa shape index (κ1) is 31.9. The van der Waals surface area contributed by atoms with Gasteiger partial charge in [-0.3, -0.25) is 0 Å². The van der Waals surface area contributed by atoms with Crippen molar-refractivity contribution in [2.45, 2.75) is 50.0 Å². The quantitative estimate of drug-likeness (QED) is 0.252. The number of cyclic esters (lactones) is 1. The Morgan fingerprint density at radius 1 is 0.886 bits per heavy atom. The van der Waals surface area contributed by atoms with Gasteiger partial charge in [0.2, 0.25) is 0 Å². The smallest absolute Gasteiger partial charge is 0.339 e. The molecule has 0 fully saturated rings. The minimum atomic E-state index is -3.23. The van der Waals surface area contributed by atoms with E-state index in [-0.39, 0.29) is 17.5 Å². The van der Waals surface area contributed by atoms with Gasteiger partial charge < -0.3 is 4.74 Å². The number of hydrogen-bond donors (Lipinski definition) is 0. The molecule has 0 bridgehead atoms. The van der Waals surface area contributed by atoms with Crippen molar-refractivity contribution in [2.75, 3.05) is 12.9 Å². The molecule has 1 aromatic heterocycles. The fourth-order valence-electron chi connectivity index (χ4n) is 4.57. The van der Waals surface area contributed by atoms with Crippen molar-refractivity contribution in [1.82, 2.24) is 14.8 Å². The van der Waals surface area contributed by atoms with Crippen LogP contribution >= 0.6 is 0 Å². The van der Waals surface area contributed by atoms with Gasteiger partial charge in [0, 0.05) is 11.8 Å². The summed E-state index contributed by atoms with van der Waals surface area (Å²) < 4.78 is 29.9. The van der Waals surface area contributed by atoms with Crippen LogP contribution in [0.1, 0.15) is 55.5 Å². The zero-order chi connectivity index (χ0) is 32.1. The van der Waals surface area contributed by atoms with Crippen LogP contribution in [0.5, 0.6) is 0 Å². The number of carbonyl (C=O) groups is 1. The molecular weight excluding hydrogens is 574 g/mol. The first-order chi connectivity index (χ1) is 20.7. The molecule has 5 rings (SSSR count). The number of nitriles is 2. The van der Waals surface area contributed by atoms with Gasteiger partial charge in [0.1, 0.15) is 19.3 Å². The number of aromatic nitrogens is 3. The lowest BCUT2D eigenvalue weighted by Gasteiger charge is -2.23.